The van der Waals surface area contributed by atoms with Gasteiger partial charge >= 0.3 is 6.09 Å². The van der Waals surface area contributed by atoms with Gasteiger partial charge in [-0.2, -0.15) is 0 Å². The normalized spacial score (nSPS) is 28.0. The Balaban J connectivity index is 2.41. The summed E-state index contributed by atoms with van der Waals surface area (Å²) in [4.78, 5) is 10.5. The van der Waals surface area contributed by atoms with Crippen LogP contribution in [0.3, 0.4) is 0 Å². The van der Waals surface area contributed by atoms with Crippen LogP contribution in [0.25, 0.3) is 0 Å². The molecular formula is C9H17NO2. The topological polar surface area (TPSA) is 52.3 Å². The van der Waals surface area contributed by atoms with Crippen LogP contribution in [0.2, 0.25) is 0 Å². The highest BCUT2D eigenvalue weighted by Gasteiger charge is 2.29. The minimum Gasteiger partial charge on any atom is -0.446 e. The lowest BCUT2D eigenvalue weighted by Crippen LogP contribution is -2.31. The van der Waals surface area contributed by atoms with Gasteiger partial charge in [-0.1, -0.05) is 13.8 Å². The lowest BCUT2D eigenvalue weighted by molar-refractivity contribution is 0.0433. The van der Waals surface area contributed by atoms with Crippen LogP contribution in [0.4, 0.5) is 4.79 Å². The standard InChI is InChI=1S/C9H17NO2/c1-9(2)5-3-4-7(6-9)12-8(10)11/h7H,3-6H2,1-2H3,(H2,10,11). The van der Waals surface area contributed by atoms with Crippen molar-refractivity contribution in [2.45, 2.75) is 45.6 Å². The van der Waals surface area contributed by atoms with Crippen molar-refractivity contribution < 1.29 is 9.53 Å². The molecule has 0 aliphatic heterocycles. The molecule has 1 unspecified atom stereocenters. The van der Waals surface area contributed by atoms with Gasteiger partial charge in [-0.15, -0.1) is 0 Å². The van der Waals surface area contributed by atoms with Gasteiger partial charge in [0.1, 0.15) is 6.10 Å². The molecule has 0 spiro atoms. The Bertz CT molecular complexity index is 177. The molecule has 0 heterocycles. The maximum Gasteiger partial charge on any atom is 0.404 e. The van der Waals surface area contributed by atoms with Crippen LogP contribution in [0.1, 0.15) is 39.5 Å². The van der Waals surface area contributed by atoms with E-state index in [1.54, 1.807) is 0 Å². The third-order valence-corrected chi connectivity index (χ3v) is 2.44. The molecule has 2 N–H and O–H groups in total. The Hall–Kier alpha value is -0.730. The van der Waals surface area contributed by atoms with E-state index in [0.717, 1.165) is 19.3 Å². The monoisotopic (exact) mass is 171 g/mol. The molecule has 0 aromatic rings. The van der Waals surface area contributed by atoms with Crippen LogP contribution < -0.4 is 5.73 Å². The smallest absolute Gasteiger partial charge is 0.404 e. The molecule has 0 saturated heterocycles. The predicted molar refractivity (Wildman–Crippen MR) is 46.7 cm³/mol. The summed E-state index contributed by atoms with van der Waals surface area (Å²) in [5.41, 5.74) is 5.25. The van der Waals surface area contributed by atoms with Crippen LogP contribution in [0.5, 0.6) is 0 Å². The zero-order valence-electron chi connectivity index (χ0n) is 7.80. The molecule has 1 fully saturated rings. The van der Waals surface area contributed by atoms with Crippen LogP contribution in [-0.4, -0.2) is 12.2 Å². The first-order valence-corrected chi connectivity index (χ1v) is 4.46. The van der Waals surface area contributed by atoms with E-state index in [4.69, 9.17) is 10.5 Å². The first kappa shape index (κ1) is 9.36. The van der Waals surface area contributed by atoms with E-state index in [2.05, 4.69) is 13.8 Å². The fourth-order valence-corrected chi connectivity index (χ4v) is 1.89. The van der Waals surface area contributed by atoms with Crippen molar-refractivity contribution in [3.63, 3.8) is 0 Å². The van der Waals surface area contributed by atoms with E-state index < -0.39 is 6.09 Å². The van der Waals surface area contributed by atoms with Gasteiger partial charge in [0.25, 0.3) is 0 Å². The van der Waals surface area contributed by atoms with Crippen LogP contribution >= 0.6 is 0 Å². The summed E-state index contributed by atoms with van der Waals surface area (Å²) in [6.07, 6.45) is 3.66. The van der Waals surface area contributed by atoms with Crippen molar-refractivity contribution in [3.8, 4) is 0 Å². The third kappa shape index (κ3) is 2.72. The van der Waals surface area contributed by atoms with E-state index in [1.165, 1.54) is 6.42 Å². The number of hydrogen-bond acceptors (Lipinski definition) is 2. The Morgan fingerprint density at radius 3 is 2.75 bits per heavy atom. The molecule has 1 atom stereocenters. The molecule has 12 heavy (non-hydrogen) atoms. The zero-order valence-corrected chi connectivity index (χ0v) is 7.80. The molecule has 0 radical (unpaired) electrons. The molecule has 1 rings (SSSR count). The zero-order chi connectivity index (χ0) is 9.19. The van der Waals surface area contributed by atoms with E-state index in [1.807, 2.05) is 0 Å². The summed E-state index contributed by atoms with van der Waals surface area (Å²) in [6.45, 7) is 4.40. The summed E-state index contributed by atoms with van der Waals surface area (Å²) in [7, 11) is 0. The molecule has 0 bridgehead atoms. The van der Waals surface area contributed by atoms with Crippen molar-refractivity contribution >= 4 is 6.09 Å². The fourth-order valence-electron chi connectivity index (χ4n) is 1.89. The molecule has 1 saturated carbocycles. The van der Waals surface area contributed by atoms with Crippen LogP contribution in [0.15, 0.2) is 0 Å². The summed E-state index contributed by atoms with van der Waals surface area (Å²) < 4.78 is 4.97. The van der Waals surface area contributed by atoms with Gasteiger partial charge in [0.2, 0.25) is 0 Å². The Kier molecular flexibility index (Phi) is 2.60. The summed E-state index contributed by atoms with van der Waals surface area (Å²) in [5, 5.41) is 0. The number of nitrogens with two attached hydrogens (primary N) is 1. The van der Waals surface area contributed by atoms with Crippen LogP contribution in [-0.2, 0) is 4.74 Å². The maximum absolute atomic E-state index is 10.5. The molecule has 3 heteroatoms. The van der Waals surface area contributed by atoms with Crippen molar-refractivity contribution in [2.24, 2.45) is 11.1 Å². The van der Waals surface area contributed by atoms with Gasteiger partial charge in [0.05, 0.1) is 0 Å². The van der Waals surface area contributed by atoms with E-state index in [-0.39, 0.29) is 6.10 Å². The number of ether oxygens (including phenoxy) is 1. The van der Waals surface area contributed by atoms with Crippen molar-refractivity contribution in [1.29, 1.82) is 0 Å². The number of carbonyl (C=O) groups excluding carboxylic acids is 1. The van der Waals surface area contributed by atoms with Gasteiger partial charge in [0, 0.05) is 0 Å². The second-order valence-electron chi connectivity index (χ2n) is 4.32. The van der Waals surface area contributed by atoms with Crippen molar-refractivity contribution in [3.05, 3.63) is 0 Å². The second kappa shape index (κ2) is 3.33. The van der Waals surface area contributed by atoms with Crippen molar-refractivity contribution in [1.82, 2.24) is 0 Å². The first-order valence-electron chi connectivity index (χ1n) is 4.46. The van der Waals surface area contributed by atoms with Crippen molar-refractivity contribution in [2.75, 3.05) is 0 Å². The quantitative estimate of drug-likeness (QED) is 0.656. The van der Waals surface area contributed by atoms with E-state index in [9.17, 15) is 4.79 Å². The van der Waals surface area contributed by atoms with Gasteiger partial charge in [-0.05, 0) is 31.1 Å². The molecule has 1 aliphatic carbocycles. The summed E-state index contributed by atoms with van der Waals surface area (Å²) in [6, 6.07) is 0. The number of amides is 1. The average molecular weight is 171 g/mol. The summed E-state index contributed by atoms with van der Waals surface area (Å²) in [5.74, 6) is 0. The lowest BCUT2D eigenvalue weighted by Gasteiger charge is -2.34. The Labute approximate surface area is 73.3 Å². The molecule has 0 aromatic heterocycles. The fraction of sp³-hybridized carbons (Fsp3) is 0.889. The number of carbonyl (C=O) groups is 1. The average Bonchev–Trinajstić information content (AvgIpc) is 1.82. The second-order valence-corrected chi connectivity index (χ2v) is 4.32. The SMILES string of the molecule is CC1(C)CCCC(OC(N)=O)C1. The van der Waals surface area contributed by atoms with Gasteiger partial charge in [0.15, 0.2) is 0 Å². The molecule has 3 nitrogen and oxygen atoms in total. The summed E-state index contributed by atoms with van der Waals surface area (Å²) >= 11 is 0. The minimum absolute atomic E-state index is 0.0475. The van der Waals surface area contributed by atoms with Crippen LogP contribution in [0, 0.1) is 5.41 Å². The molecular weight excluding hydrogens is 154 g/mol. The molecule has 70 valence electrons. The van der Waals surface area contributed by atoms with E-state index >= 15 is 0 Å². The van der Waals surface area contributed by atoms with Gasteiger partial charge in [-0.25, -0.2) is 4.79 Å². The number of hydrogen-bond donors (Lipinski definition) is 1. The minimum atomic E-state index is -0.641. The number of primary amides is 1. The largest absolute Gasteiger partial charge is 0.446 e. The highest BCUT2D eigenvalue weighted by Crippen LogP contribution is 2.36. The molecule has 1 amide bonds. The van der Waals surface area contributed by atoms with Gasteiger partial charge in [-0.3, -0.25) is 0 Å². The Morgan fingerprint density at radius 2 is 2.25 bits per heavy atom. The third-order valence-electron chi connectivity index (χ3n) is 2.44. The lowest BCUT2D eigenvalue weighted by atomic mass is 9.76. The van der Waals surface area contributed by atoms with E-state index in [0.29, 0.717) is 5.41 Å². The maximum atomic E-state index is 10.5. The molecule has 0 aromatic carbocycles. The molecule has 1 aliphatic rings. The highest BCUT2D eigenvalue weighted by molar-refractivity contribution is 5.64. The van der Waals surface area contributed by atoms with Gasteiger partial charge < -0.3 is 10.5 Å². The first-order chi connectivity index (χ1) is 5.49. The Morgan fingerprint density at radius 1 is 1.58 bits per heavy atom. The number of rotatable bonds is 1. The highest BCUT2D eigenvalue weighted by atomic mass is 16.6. The predicted octanol–water partition coefficient (Wildman–Crippen LogP) is 2.05.